The van der Waals surface area contributed by atoms with Crippen LogP contribution in [0.25, 0.3) is 0 Å². The van der Waals surface area contributed by atoms with Crippen molar-refractivity contribution in [2.24, 2.45) is 0 Å². The lowest BCUT2D eigenvalue weighted by molar-refractivity contribution is 0.0908. The van der Waals surface area contributed by atoms with Crippen LogP contribution in [0.4, 0.5) is 0 Å². The highest BCUT2D eigenvalue weighted by molar-refractivity contribution is 5.97. The minimum atomic E-state index is -0.0867. The van der Waals surface area contributed by atoms with E-state index in [1.165, 1.54) is 12.8 Å². The van der Waals surface area contributed by atoms with Gasteiger partial charge in [0.2, 0.25) is 0 Å². The first-order chi connectivity index (χ1) is 10.0. The van der Waals surface area contributed by atoms with Crippen LogP contribution in [0, 0.1) is 18.8 Å². The standard InChI is InChI=1S/C18H23NO2/c1-14-8-9-15(7-3-6-12-20)16(13-14)17(21)19-18(2)10-4-5-11-18/h8-9,13,20H,4-6,10-12H2,1-2H3,(H,19,21). The first-order valence-corrected chi connectivity index (χ1v) is 7.57. The lowest BCUT2D eigenvalue weighted by Gasteiger charge is -2.25. The van der Waals surface area contributed by atoms with E-state index in [4.69, 9.17) is 5.11 Å². The van der Waals surface area contributed by atoms with Crippen LogP contribution in [0.15, 0.2) is 18.2 Å². The van der Waals surface area contributed by atoms with Crippen molar-refractivity contribution in [2.75, 3.05) is 6.61 Å². The van der Waals surface area contributed by atoms with Crippen molar-refractivity contribution >= 4 is 5.91 Å². The molecule has 1 aromatic rings. The summed E-state index contributed by atoms with van der Waals surface area (Å²) in [6.07, 6.45) is 4.85. The predicted octanol–water partition coefficient (Wildman–Crippen LogP) is 2.79. The van der Waals surface area contributed by atoms with E-state index in [1.54, 1.807) is 0 Å². The third-order valence-electron chi connectivity index (χ3n) is 4.00. The zero-order valence-electron chi connectivity index (χ0n) is 12.8. The van der Waals surface area contributed by atoms with E-state index in [2.05, 4.69) is 24.1 Å². The van der Waals surface area contributed by atoms with Crippen LogP contribution in [-0.4, -0.2) is 23.2 Å². The monoisotopic (exact) mass is 285 g/mol. The van der Waals surface area contributed by atoms with Crippen molar-refractivity contribution in [2.45, 2.75) is 51.5 Å². The number of aliphatic hydroxyl groups is 1. The SMILES string of the molecule is Cc1ccc(C#CCCO)c(C(=O)NC2(C)CCCC2)c1. The largest absolute Gasteiger partial charge is 0.395 e. The van der Waals surface area contributed by atoms with Crippen molar-refractivity contribution in [1.29, 1.82) is 0 Å². The van der Waals surface area contributed by atoms with Crippen LogP contribution in [0.1, 0.15) is 60.5 Å². The number of rotatable bonds is 3. The molecule has 1 aromatic carbocycles. The number of hydrogen-bond donors (Lipinski definition) is 2. The molecular formula is C18H23NO2. The van der Waals surface area contributed by atoms with Crippen LogP contribution >= 0.6 is 0 Å². The average Bonchev–Trinajstić information content (AvgIpc) is 2.87. The fraction of sp³-hybridized carbons (Fsp3) is 0.500. The molecule has 112 valence electrons. The van der Waals surface area contributed by atoms with Gasteiger partial charge in [0, 0.05) is 17.5 Å². The Labute approximate surface area is 126 Å². The Morgan fingerprint density at radius 2 is 2.10 bits per heavy atom. The molecule has 1 aliphatic carbocycles. The molecule has 0 bridgehead atoms. The highest BCUT2D eigenvalue weighted by atomic mass is 16.2. The smallest absolute Gasteiger partial charge is 0.252 e. The second kappa shape index (κ2) is 6.78. The zero-order valence-corrected chi connectivity index (χ0v) is 12.8. The van der Waals surface area contributed by atoms with Crippen molar-refractivity contribution < 1.29 is 9.90 Å². The molecule has 0 atom stereocenters. The van der Waals surface area contributed by atoms with Crippen LogP contribution < -0.4 is 5.32 Å². The second-order valence-corrected chi connectivity index (χ2v) is 6.05. The Kier molecular flexibility index (Phi) is 5.03. The summed E-state index contributed by atoms with van der Waals surface area (Å²) in [6, 6.07) is 5.72. The van der Waals surface area contributed by atoms with Gasteiger partial charge in [-0.25, -0.2) is 0 Å². The molecule has 21 heavy (non-hydrogen) atoms. The van der Waals surface area contributed by atoms with E-state index >= 15 is 0 Å². The normalized spacial score (nSPS) is 16.1. The molecule has 0 spiro atoms. The molecule has 1 amide bonds. The number of carbonyl (C=O) groups is 1. The topological polar surface area (TPSA) is 49.3 Å². The molecule has 2 rings (SSSR count). The third kappa shape index (κ3) is 4.09. The molecule has 0 radical (unpaired) electrons. The first kappa shape index (κ1) is 15.6. The summed E-state index contributed by atoms with van der Waals surface area (Å²) in [5.74, 6) is 5.83. The summed E-state index contributed by atoms with van der Waals surface area (Å²) in [5.41, 5.74) is 2.32. The van der Waals surface area contributed by atoms with Gasteiger partial charge in [-0.3, -0.25) is 4.79 Å². The van der Waals surface area contributed by atoms with Gasteiger partial charge in [0.15, 0.2) is 0 Å². The molecule has 0 saturated heterocycles. The van der Waals surface area contributed by atoms with Gasteiger partial charge in [0.05, 0.1) is 12.2 Å². The summed E-state index contributed by atoms with van der Waals surface area (Å²) in [6.45, 7) is 4.13. The Balaban J connectivity index is 2.23. The molecule has 1 saturated carbocycles. The summed E-state index contributed by atoms with van der Waals surface area (Å²) < 4.78 is 0. The van der Waals surface area contributed by atoms with E-state index in [9.17, 15) is 4.79 Å². The van der Waals surface area contributed by atoms with Gasteiger partial charge >= 0.3 is 0 Å². The summed E-state index contributed by atoms with van der Waals surface area (Å²) in [5, 5.41) is 12.0. The van der Waals surface area contributed by atoms with Gasteiger partial charge in [-0.05, 0) is 38.8 Å². The molecule has 1 aliphatic rings. The van der Waals surface area contributed by atoms with Crippen LogP contribution in [0.3, 0.4) is 0 Å². The molecule has 0 aliphatic heterocycles. The second-order valence-electron chi connectivity index (χ2n) is 6.05. The molecule has 3 heteroatoms. The summed E-state index contributed by atoms with van der Waals surface area (Å²) in [4.78, 5) is 12.6. The Bertz CT molecular complexity index is 575. The van der Waals surface area contributed by atoms with E-state index in [0.29, 0.717) is 12.0 Å². The van der Waals surface area contributed by atoms with Crippen LogP contribution in [-0.2, 0) is 0 Å². The maximum absolute atomic E-state index is 12.6. The van der Waals surface area contributed by atoms with E-state index in [1.807, 2.05) is 25.1 Å². The summed E-state index contributed by atoms with van der Waals surface area (Å²) in [7, 11) is 0. The van der Waals surface area contributed by atoms with E-state index < -0.39 is 0 Å². The zero-order chi connectivity index (χ0) is 15.3. The average molecular weight is 285 g/mol. The van der Waals surface area contributed by atoms with Gasteiger partial charge in [-0.1, -0.05) is 36.3 Å². The quantitative estimate of drug-likeness (QED) is 0.839. The lowest BCUT2D eigenvalue weighted by Crippen LogP contribution is -2.43. The molecular weight excluding hydrogens is 262 g/mol. The van der Waals surface area contributed by atoms with Crippen molar-refractivity contribution in [3.8, 4) is 11.8 Å². The first-order valence-electron chi connectivity index (χ1n) is 7.57. The molecule has 0 aromatic heterocycles. The molecule has 0 heterocycles. The highest BCUT2D eigenvalue weighted by Crippen LogP contribution is 2.29. The van der Waals surface area contributed by atoms with Crippen molar-refractivity contribution in [1.82, 2.24) is 5.32 Å². The number of amides is 1. The number of aliphatic hydroxyl groups excluding tert-OH is 1. The maximum atomic E-state index is 12.6. The van der Waals surface area contributed by atoms with E-state index in [-0.39, 0.29) is 18.1 Å². The van der Waals surface area contributed by atoms with Gasteiger partial charge < -0.3 is 10.4 Å². The summed E-state index contributed by atoms with van der Waals surface area (Å²) >= 11 is 0. The van der Waals surface area contributed by atoms with Gasteiger partial charge in [0.25, 0.3) is 5.91 Å². The number of hydrogen-bond acceptors (Lipinski definition) is 2. The van der Waals surface area contributed by atoms with Gasteiger partial charge in [0.1, 0.15) is 0 Å². The van der Waals surface area contributed by atoms with Crippen molar-refractivity contribution in [3.63, 3.8) is 0 Å². The van der Waals surface area contributed by atoms with Crippen molar-refractivity contribution in [3.05, 3.63) is 34.9 Å². The minimum Gasteiger partial charge on any atom is -0.395 e. The Morgan fingerprint density at radius 1 is 1.38 bits per heavy atom. The lowest BCUT2D eigenvalue weighted by atomic mass is 9.98. The van der Waals surface area contributed by atoms with Crippen LogP contribution in [0.2, 0.25) is 0 Å². The number of aryl methyl sites for hydroxylation is 1. The fourth-order valence-electron chi connectivity index (χ4n) is 2.79. The number of benzene rings is 1. The van der Waals surface area contributed by atoms with Crippen LogP contribution in [0.5, 0.6) is 0 Å². The maximum Gasteiger partial charge on any atom is 0.252 e. The molecule has 3 nitrogen and oxygen atoms in total. The fourth-order valence-corrected chi connectivity index (χ4v) is 2.79. The molecule has 0 unspecified atom stereocenters. The number of carbonyl (C=O) groups excluding carboxylic acids is 1. The Hall–Kier alpha value is -1.79. The van der Waals surface area contributed by atoms with Gasteiger partial charge in [-0.2, -0.15) is 0 Å². The molecule has 1 fully saturated rings. The Morgan fingerprint density at radius 3 is 2.76 bits per heavy atom. The minimum absolute atomic E-state index is 0.0401. The van der Waals surface area contributed by atoms with E-state index in [0.717, 1.165) is 24.0 Å². The third-order valence-corrected chi connectivity index (χ3v) is 4.00. The number of nitrogens with one attached hydrogen (secondary N) is 1. The molecule has 2 N–H and O–H groups in total. The van der Waals surface area contributed by atoms with Gasteiger partial charge in [-0.15, -0.1) is 0 Å². The highest BCUT2D eigenvalue weighted by Gasteiger charge is 2.30. The predicted molar refractivity (Wildman–Crippen MR) is 84.1 cm³/mol.